The van der Waals surface area contributed by atoms with E-state index < -0.39 is 0 Å². The van der Waals surface area contributed by atoms with Crippen LogP contribution in [0, 0.1) is 0 Å². The van der Waals surface area contributed by atoms with Crippen molar-refractivity contribution < 1.29 is 4.79 Å². The third kappa shape index (κ3) is 5.57. The minimum absolute atomic E-state index is 0.162. The number of thioether (sulfide) groups is 1. The van der Waals surface area contributed by atoms with Crippen LogP contribution in [0.1, 0.15) is 18.1 Å². The summed E-state index contributed by atoms with van der Waals surface area (Å²) in [7, 11) is 0. The number of rotatable bonds is 6. The number of hydrogen-bond donors (Lipinski definition) is 1. The standard InChI is InChI=1S/C17H16Cl2N2OS/c1-12(23-11-13-6-3-2-4-7-13)17(22)21-20-10-14-15(18)8-5-9-16(14)19/h2-10,12H,11H2,1H3,(H,21,22)/b20-10-/t12-/m0/s1. The quantitative estimate of drug-likeness (QED) is 0.591. The Morgan fingerprint density at radius 1 is 1.17 bits per heavy atom. The summed E-state index contributed by atoms with van der Waals surface area (Å²) in [6, 6.07) is 15.2. The van der Waals surface area contributed by atoms with Gasteiger partial charge in [-0.15, -0.1) is 11.8 Å². The molecule has 1 N–H and O–H groups in total. The van der Waals surface area contributed by atoms with Gasteiger partial charge in [-0.3, -0.25) is 4.79 Å². The summed E-state index contributed by atoms with van der Waals surface area (Å²) >= 11 is 13.6. The van der Waals surface area contributed by atoms with Gasteiger partial charge in [0.1, 0.15) is 0 Å². The highest BCUT2D eigenvalue weighted by atomic mass is 35.5. The maximum Gasteiger partial charge on any atom is 0.252 e. The van der Waals surface area contributed by atoms with Crippen LogP contribution < -0.4 is 5.43 Å². The van der Waals surface area contributed by atoms with E-state index in [1.807, 2.05) is 37.3 Å². The molecule has 0 aromatic heterocycles. The van der Waals surface area contributed by atoms with E-state index in [4.69, 9.17) is 23.2 Å². The van der Waals surface area contributed by atoms with E-state index >= 15 is 0 Å². The highest BCUT2D eigenvalue weighted by Gasteiger charge is 2.12. The molecule has 0 aliphatic heterocycles. The molecule has 2 aromatic rings. The average molecular weight is 367 g/mol. The number of hydrazone groups is 1. The second-order valence-corrected chi connectivity index (χ2v) is 6.95. The van der Waals surface area contributed by atoms with Gasteiger partial charge in [0.05, 0.1) is 21.5 Å². The molecule has 0 spiro atoms. The Labute approximate surface area is 150 Å². The van der Waals surface area contributed by atoms with E-state index in [2.05, 4.69) is 10.5 Å². The molecule has 23 heavy (non-hydrogen) atoms. The maximum atomic E-state index is 12.0. The van der Waals surface area contributed by atoms with Gasteiger partial charge >= 0.3 is 0 Å². The molecule has 0 saturated heterocycles. The Bertz CT molecular complexity index is 672. The fourth-order valence-corrected chi connectivity index (χ4v) is 3.09. The van der Waals surface area contributed by atoms with E-state index in [9.17, 15) is 4.79 Å². The van der Waals surface area contributed by atoms with E-state index in [1.54, 1.807) is 30.0 Å². The first-order valence-corrected chi connectivity index (χ1v) is 8.81. The topological polar surface area (TPSA) is 41.5 Å². The zero-order valence-corrected chi connectivity index (χ0v) is 14.8. The van der Waals surface area contributed by atoms with Crippen LogP contribution in [0.4, 0.5) is 0 Å². The first-order valence-electron chi connectivity index (χ1n) is 7.00. The lowest BCUT2D eigenvalue weighted by atomic mass is 10.2. The molecule has 0 aliphatic carbocycles. The first kappa shape index (κ1) is 17.9. The van der Waals surface area contributed by atoms with E-state index in [-0.39, 0.29) is 11.2 Å². The lowest BCUT2D eigenvalue weighted by Crippen LogP contribution is -2.27. The van der Waals surface area contributed by atoms with Crippen molar-refractivity contribution in [2.75, 3.05) is 0 Å². The Balaban J connectivity index is 1.85. The lowest BCUT2D eigenvalue weighted by molar-refractivity contribution is -0.120. The predicted molar refractivity (Wildman–Crippen MR) is 99.4 cm³/mol. The van der Waals surface area contributed by atoms with Gasteiger partial charge < -0.3 is 0 Å². The molecule has 0 saturated carbocycles. The molecular formula is C17H16Cl2N2OS. The number of amides is 1. The van der Waals surface area contributed by atoms with Crippen molar-refractivity contribution in [2.24, 2.45) is 5.10 Å². The molecular weight excluding hydrogens is 351 g/mol. The van der Waals surface area contributed by atoms with Crippen LogP contribution in [-0.4, -0.2) is 17.4 Å². The molecule has 6 heteroatoms. The van der Waals surface area contributed by atoms with Crippen molar-refractivity contribution in [2.45, 2.75) is 17.9 Å². The van der Waals surface area contributed by atoms with Gasteiger partial charge in [-0.2, -0.15) is 5.10 Å². The van der Waals surface area contributed by atoms with Crippen LogP contribution in [-0.2, 0) is 10.5 Å². The van der Waals surface area contributed by atoms with Gasteiger partial charge in [0.25, 0.3) is 5.91 Å². The van der Waals surface area contributed by atoms with Crippen molar-refractivity contribution in [3.8, 4) is 0 Å². The van der Waals surface area contributed by atoms with Gasteiger partial charge in [-0.25, -0.2) is 5.43 Å². The van der Waals surface area contributed by atoms with Crippen LogP contribution in [0.3, 0.4) is 0 Å². The van der Waals surface area contributed by atoms with Gasteiger partial charge in [0.2, 0.25) is 0 Å². The Hall–Kier alpha value is -1.49. The highest BCUT2D eigenvalue weighted by molar-refractivity contribution is 7.99. The second-order valence-electron chi connectivity index (χ2n) is 4.81. The minimum atomic E-state index is -0.214. The molecule has 0 heterocycles. The normalized spacial score (nSPS) is 12.3. The zero-order valence-electron chi connectivity index (χ0n) is 12.5. The van der Waals surface area contributed by atoms with Crippen LogP contribution in [0.5, 0.6) is 0 Å². The van der Waals surface area contributed by atoms with Gasteiger partial charge in [0.15, 0.2) is 0 Å². The van der Waals surface area contributed by atoms with Gasteiger partial charge in [-0.05, 0) is 24.6 Å². The number of benzene rings is 2. The molecule has 0 aliphatic rings. The lowest BCUT2D eigenvalue weighted by Gasteiger charge is -2.09. The van der Waals surface area contributed by atoms with E-state index in [0.29, 0.717) is 15.6 Å². The maximum absolute atomic E-state index is 12.0. The van der Waals surface area contributed by atoms with E-state index in [1.165, 1.54) is 11.8 Å². The summed E-state index contributed by atoms with van der Waals surface area (Å²) in [5, 5.41) is 4.69. The summed E-state index contributed by atoms with van der Waals surface area (Å²) in [6.45, 7) is 1.85. The summed E-state index contributed by atoms with van der Waals surface area (Å²) in [6.07, 6.45) is 1.46. The molecule has 3 nitrogen and oxygen atoms in total. The summed E-state index contributed by atoms with van der Waals surface area (Å²) in [5.74, 6) is 0.612. The van der Waals surface area contributed by atoms with Crippen LogP contribution in [0.15, 0.2) is 53.6 Å². The number of halogens is 2. The summed E-state index contributed by atoms with van der Waals surface area (Å²) in [4.78, 5) is 12.0. The SMILES string of the molecule is C[C@H](SCc1ccccc1)C(=O)N/N=C\c1c(Cl)cccc1Cl. The Morgan fingerprint density at radius 2 is 1.83 bits per heavy atom. The van der Waals surface area contributed by atoms with Crippen molar-refractivity contribution in [1.29, 1.82) is 0 Å². The van der Waals surface area contributed by atoms with Gasteiger partial charge in [0, 0.05) is 11.3 Å². The third-order valence-corrected chi connectivity index (χ3v) is 4.95. The largest absolute Gasteiger partial charge is 0.272 e. The number of carbonyl (C=O) groups is 1. The third-order valence-electron chi connectivity index (χ3n) is 3.08. The van der Waals surface area contributed by atoms with Crippen molar-refractivity contribution in [3.63, 3.8) is 0 Å². The molecule has 0 fully saturated rings. The Kier molecular flexibility index (Phi) is 6.96. The van der Waals surface area contributed by atoms with Crippen molar-refractivity contribution in [3.05, 3.63) is 69.7 Å². The molecule has 120 valence electrons. The second kappa shape index (κ2) is 8.96. The van der Waals surface area contributed by atoms with Crippen LogP contribution in [0.25, 0.3) is 0 Å². The zero-order chi connectivity index (χ0) is 16.7. The Morgan fingerprint density at radius 3 is 2.48 bits per heavy atom. The number of nitrogens with zero attached hydrogens (tertiary/aromatic N) is 1. The van der Waals surface area contributed by atoms with Crippen LogP contribution in [0.2, 0.25) is 10.0 Å². The monoisotopic (exact) mass is 366 g/mol. The molecule has 0 radical (unpaired) electrons. The first-order chi connectivity index (χ1) is 11.1. The average Bonchev–Trinajstić information content (AvgIpc) is 2.56. The molecule has 1 amide bonds. The predicted octanol–water partition coefficient (Wildman–Crippen LogP) is 4.77. The smallest absolute Gasteiger partial charge is 0.252 e. The summed E-state index contributed by atoms with van der Waals surface area (Å²) < 4.78 is 0. The highest BCUT2D eigenvalue weighted by Crippen LogP contribution is 2.22. The van der Waals surface area contributed by atoms with Crippen molar-refractivity contribution >= 4 is 47.1 Å². The molecule has 0 bridgehead atoms. The minimum Gasteiger partial charge on any atom is -0.272 e. The number of carbonyl (C=O) groups excluding carboxylic acids is 1. The van der Waals surface area contributed by atoms with Gasteiger partial charge in [-0.1, -0.05) is 59.6 Å². The number of hydrogen-bond acceptors (Lipinski definition) is 3. The molecule has 2 aromatic carbocycles. The van der Waals surface area contributed by atoms with Crippen LogP contribution >= 0.6 is 35.0 Å². The molecule has 1 atom stereocenters. The fourth-order valence-electron chi connectivity index (χ4n) is 1.76. The molecule has 2 rings (SSSR count). The molecule has 0 unspecified atom stereocenters. The fraction of sp³-hybridized carbons (Fsp3) is 0.176. The van der Waals surface area contributed by atoms with E-state index in [0.717, 1.165) is 5.75 Å². The summed E-state index contributed by atoms with van der Waals surface area (Å²) in [5.41, 5.74) is 4.28. The van der Waals surface area contributed by atoms with Crippen molar-refractivity contribution in [1.82, 2.24) is 5.43 Å². The number of nitrogens with one attached hydrogen (secondary N) is 1.